The first-order valence-corrected chi connectivity index (χ1v) is 6.54. The highest BCUT2D eigenvalue weighted by atomic mass is 16.5. The van der Waals surface area contributed by atoms with E-state index in [0.717, 1.165) is 11.1 Å². The Bertz CT molecular complexity index is 644. The molecule has 0 atom stereocenters. The Hall–Kier alpha value is -2.63. The maximum Gasteiger partial charge on any atom is 0.335 e. The van der Waals surface area contributed by atoms with Crippen molar-refractivity contribution in [1.29, 1.82) is 0 Å². The third kappa shape index (κ3) is 3.47. The third-order valence-electron chi connectivity index (χ3n) is 3.17. The molecule has 2 aromatic rings. The largest absolute Gasteiger partial charge is 0.481 e. The molecule has 0 spiro atoms. The monoisotopic (exact) mass is 287 g/mol. The van der Waals surface area contributed by atoms with Crippen molar-refractivity contribution in [3.63, 3.8) is 0 Å². The molecule has 0 fully saturated rings. The van der Waals surface area contributed by atoms with Gasteiger partial charge in [-0.2, -0.15) is 0 Å². The van der Waals surface area contributed by atoms with Crippen molar-refractivity contribution in [3.05, 3.63) is 47.3 Å². The number of hydrogen-bond donors (Lipinski definition) is 2. The van der Waals surface area contributed by atoms with Gasteiger partial charge in [0.25, 0.3) is 0 Å². The zero-order valence-corrected chi connectivity index (χ0v) is 12.0. The number of aromatic carboxylic acids is 1. The molecule has 0 saturated heterocycles. The highest BCUT2D eigenvalue weighted by Crippen LogP contribution is 2.19. The predicted octanol–water partition coefficient (Wildman–Crippen LogP) is 2.15. The van der Waals surface area contributed by atoms with E-state index in [1.807, 2.05) is 19.1 Å². The second-order valence-corrected chi connectivity index (χ2v) is 4.50. The minimum Gasteiger partial charge on any atom is -0.481 e. The topological polar surface area (TPSA) is 84.3 Å². The van der Waals surface area contributed by atoms with Gasteiger partial charge in [0.1, 0.15) is 12.1 Å². The van der Waals surface area contributed by atoms with Crippen LogP contribution in [-0.2, 0) is 6.42 Å². The predicted molar refractivity (Wildman–Crippen MR) is 78.9 cm³/mol. The Morgan fingerprint density at radius 3 is 2.81 bits per heavy atom. The van der Waals surface area contributed by atoms with Crippen molar-refractivity contribution in [2.24, 2.45) is 0 Å². The molecule has 2 N–H and O–H groups in total. The summed E-state index contributed by atoms with van der Waals surface area (Å²) in [6.45, 7) is 2.44. The zero-order valence-electron chi connectivity index (χ0n) is 12.0. The van der Waals surface area contributed by atoms with Crippen molar-refractivity contribution in [3.8, 4) is 5.88 Å². The number of carboxylic acids is 1. The van der Waals surface area contributed by atoms with Gasteiger partial charge in [-0.05, 0) is 25.0 Å². The van der Waals surface area contributed by atoms with Crippen molar-refractivity contribution in [2.75, 3.05) is 19.0 Å². The van der Waals surface area contributed by atoms with Gasteiger partial charge in [-0.3, -0.25) is 0 Å². The molecule has 110 valence electrons. The number of carboxylic acid groups (broad SMARTS) is 1. The second kappa shape index (κ2) is 6.69. The second-order valence-electron chi connectivity index (χ2n) is 4.50. The summed E-state index contributed by atoms with van der Waals surface area (Å²) in [4.78, 5) is 19.3. The summed E-state index contributed by atoms with van der Waals surface area (Å²) in [5, 5.41) is 12.3. The van der Waals surface area contributed by atoms with Crippen LogP contribution < -0.4 is 10.1 Å². The maximum absolute atomic E-state index is 11.1. The highest BCUT2D eigenvalue weighted by molar-refractivity contribution is 5.89. The number of nitrogens with zero attached hydrogens (tertiary/aromatic N) is 2. The smallest absolute Gasteiger partial charge is 0.335 e. The fourth-order valence-corrected chi connectivity index (χ4v) is 2.08. The number of hydrogen-bond acceptors (Lipinski definition) is 5. The molecule has 0 amide bonds. The molecular weight excluding hydrogens is 270 g/mol. The van der Waals surface area contributed by atoms with Crippen LogP contribution in [-0.4, -0.2) is 34.7 Å². The van der Waals surface area contributed by atoms with E-state index in [-0.39, 0.29) is 0 Å². The highest BCUT2D eigenvalue weighted by Gasteiger charge is 2.10. The summed E-state index contributed by atoms with van der Waals surface area (Å²) in [7, 11) is 1.56. The molecule has 0 aliphatic rings. The van der Waals surface area contributed by atoms with Crippen molar-refractivity contribution in [1.82, 2.24) is 9.97 Å². The van der Waals surface area contributed by atoms with Gasteiger partial charge in [0, 0.05) is 6.54 Å². The number of rotatable bonds is 6. The summed E-state index contributed by atoms with van der Waals surface area (Å²) >= 11 is 0. The van der Waals surface area contributed by atoms with E-state index < -0.39 is 5.97 Å². The van der Waals surface area contributed by atoms with E-state index in [1.165, 1.54) is 6.33 Å². The first-order valence-electron chi connectivity index (χ1n) is 6.54. The number of methoxy groups -OCH3 is 1. The minimum atomic E-state index is -0.912. The molecule has 6 nitrogen and oxygen atoms in total. The van der Waals surface area contributed by atoms with Gasteiger partial charge >= 0.3 is 5.97 Å². The number of ether oxygens (including phenoxy) is 1. The summed E-state index contributed by atoms with van der Waals surface area (Å²) in [6, 6.07) is 6.98. The summed E-state index contributed by atoms with van der Waals surface area (Å²) in [6.07, 6.45) is 2.02. The number of carbonyl (C=O) groups is 1. The van der Waals surface area contributed by atoms with E-state index in [1.54, 1.807) is 19.2 Å². The molecule has 6 heteroatoms. The van der Waals surface area contributed by atoms with Crippen LogP contribution in [0.4, 0.5) is 5.82 Å². The lowest BCUT2D eigenvalue weighted by molar-refractivity contribution is 0.0695. The van der Waals surface area contributed by atoms with Crippen molar-refractivity contribution >= 4 is 11.8 Å². The molecule has 0 radical (unpaired) electrons. The van der Waals surface area contributed by atoms with Gasteiger partial charge < -0.3 is 15.2 Å². The molecule has 1 heterocycles. The van der Waals surface area contributed by atoms with Gasteiger partial charge in [0.05, 0.1) is 18.2 Å². The van der Waals surface area contributed by atoms with Gasteiger partial charge in [0.15, 0.2) is 0 Å². The third-order valence-corrected chi connectivity index (χ3v) is 3.17. The van der Waals surface area contributed by atoms with E-state index >= 15 is 0 Å². The van der Waals surface area contributed by atoms with Crippen LogP contribution in [0.1, 0.15) is 21.5 Å². The molecule has 0 aliphatic carbocycles. The van der Waals surface area contributed by atoms with Gasteiger partial charge in [-0.15, -0.1) is 0 Å². The molecule has 1 aromatic heterocycles. The van der Waals surface area contributed by atoms with Crippen LogP contribution >= 0.6 is 0 Å². The molecular formula is C15H17N3O3. The SMILES string of the molecule is COc1ncnc(NCCc2ccccc2C(=O)O)c1C. The molecule has 2 rings (SSSR count). The summed E-state index contributed by atoms with van der Waals surface area (Å²) in [5.74, 6) is 0.304. The average Bonchev–Trinajstić information content (AvgIpc) is 2.49. The number of benzene rings is 1. The molecule has 0 bridgehead atoms. The fraction of sp³-hybridized carbons (Fsp3) is 0.267. The standard InChI is InChI=1S/C15H17N3O3/c1-10-13(17-9-18-14(10)21-2)16-8-7-11-5-3-4-6-12(11)15(19)20/h3-6,9H,7-8H2,1-2H3,(H,19,20)(H,16,17,18). The van der Waals surface area contributed by atoms with E-state index in [0.29, 0.717) is 30.2 Å². The Morgan fingerprint density at radius 2 is 2.10 bits per heavy atom. The van der Waals surface area contributed by atoms with Gasteiger partial charge in [-0.25, -0.2) is 14.8 Å². The van der Waals surface area contributed by atoms with Crippen LogP contribution in [0.15, 0.2) is 30.6 Å². The van der Waals surface area contributed by atoms with E-state index in [9.17, 15) is 4.79 Å². The van der Waals surface area contributed by atoms with Crippen LogP contribution in [0.2, 0.25) is 0 Å². The minimum absolute atomic E-state index is 0.330. The molecule has 0 aliphatic heterocycles. The van der Waals surface area contributed by atoms with Gasteiger partial charge in [-0.1, -0.05) is 18.2 Å². The van der Waals surface area contributed by atoms with Gasteiger partial charge in [0.2, 0.25) is 5.88 Å². The Balaban J connectivity index is 2.04. The van der Waals surface area contributed by atoms with Crippen LogP contribution in [0.3, 0.4) is 0 Å². The Labute approximate surface area is 122 Å². The molecule has 21 heavy (non-hydrogen) atoms. The van der Waals surface area contributed by atoms with Crippen LogP contribution in [0.25, 0.3) is 0 Å². The maximum atomic E-state index is 11.1. The number of aromatic nitrogens is 2. The molecule has 1 aromatic carbocycles. The number of nitrogens with one attached hydrogen (secondary N) is 1. The van der Waals surface area contributed by atoms with Crippen LogP contribution in [0.5, 0.6) is 5.88 Å². The molecule has 0 saturated carbocycles. The normalized spacial score (nSPS) is 10.2. The van der Waals surface area contributed by atoms with Crippen molar-refractivity contribution in [2.45, 2.75) is 13.3 Å². The summed E-state index contributed by atoms with van der Waals surface area (Å²) in [5.41, 5.74) is 1.94. The molecule has 0 unspecified atom stereocenters. The van der Waals surface area contributed by atoms with Crippen molar-refractivity contribution < 1.29 is 14.6 Å². The first-order chi connectivity index (χ1) is 10.1. The van der Waals surface area contributed by atoms with Crippen LogP contribution in [0, 0.1) is 6.92 Å². The lowest BCUT2D eigenvalue weighted by Gasteiger charge is -2.11. The van der Waals surface area contributed by atoms with E-state index in [2.05, 4.69) is 15.3 Å². The van der Waals surface area contributed by atoms with E-state index in [4.69, 9.17) is 9.84 Å². The Morgan fingerprint density at radius 1 is 1.33 bits per heavy atom. The lowest BCUT2D eigenvalue weighted by atomic mass is 10.0. The number of anilines is 1. The average molecular weight is 287 g/mol. The Kier molecular flexibility index (Phi) is 4.71. The quantitative estimate of drug-likeness (QED) is 0.847. The fourth-order valence-electron chi connectivity index (χ4n) is 2.08. The lowest BCUT2D eigenvalue weighted by Crippen LogP contribution is -2.11. The first kappa shape index (κ1) is 14.8. The summed E-state index contributed by atoms with van der Waals surface area (Å²) < 4.78 is 5.13. The zero-order chi connectivity index (χ0) is 15.2.